The summed E-state index contributed by atoms with van der Waals surface area (Å²) >= 11 is 7.68. The molecule has 3 aliphatic heterocycles. The number of halogens is 2. The first-order valence-electron chi connectivity index (χ1n) is 13.5. The fourth-order valence-electron chi connectivity index (χ4n) is 5.87. The molecule has 6 rings (SSSR count). The molecule has 1 saturated carbocycles. The van der Waals surface area contributed by atoms with Crippen LogP contribution in [0.25, 0.3) is 10.9 Å². The average molecular weight is 681 g/mol. The van der Waals surface area contributed by atoms with E-state index in [0.29, 0.717) is 6.42 Å². The number of anilines is 1. The number of carboxylic acids is 2. The Morgan fingerprint density at radius 2 is 1.89 bits per heavy atom. The summed E-state index contributed by atoms with van der Waals surface area (Å²) in [6, 6.07) is 0.377. The number of aromatic carboxylic acids is 1. The Bertz CT molecular complexity index is 1700. The number of hydrogen-bond donors (Lipinski definition) is 2. The van der Waals surface area contributed by atoms with E-state index in [-0.39, 0.29) is 105 Å². The average Bonchev–Trinajstić information content (AvgIpc) is 3.59. The number of rotatable bonds is 8. The molecule has 0 bridgehead atoms. The molecule has 2 saturated heterocycles. The minimum atomic E-state index is -1.66. The molecule has 2 aromatic rings. The summed E-state index contributed by atoms with van der Waals surface area (Å²) in [4.78, 5) is 63.6. The molecule has 4 aliphatic rings. The van der Waals surface area contributed by atoms with E-state index in [0.717, 1.165) is 35.6 Å². The van der Waals surface area contributed by atoms with Gasteiger partial charge in [-0.1, -0.05) is 23.4 Å². The molecule has 1 unspecified atom stereocenters. The van der Waals surface area contributed by atoms with Gasteiger partial charge in [-0.2, -0.15) is 0 Å². The number of aromatic nitrogens is 1. The molecule has 4 heterocycles. The molecule has 2 N–H and O–H groups in total. The molecule has 18 heteroatoms. The van der Waals surface area contributed by atoms with E-state index in [1.165, 1.54) is 13.1 Å². The van der Waals surface area contributed by atoms with Crippen molar-refractivity contribution in [2.75, 3.05) is 24.6 Å². The Morgan fingerprint density at radius 1 is 1.20 bits per heavy atom. The molecule has 1 aromatic heterocycles. The SMILES string of the molecule is C[C@H](O)[C@H]1C(=O)N2C(C(=O)[O-])=C(COC(=O)NC3CCN(c4c(F)cc5c(=O)c(C(=O)[O-])cn(C6CC6)c5c4Cl)C3)S[C@@H]12.[Na+].[Na+]. The van der Waals surface area contributed by atoms with Gasteiger partial charge in [-0.05, 0) is 32.3 Å². The van der Waals surface area contributed by atoms with Gasteiger partial charge >= 0.3 is 65.2 Å². The number of hydrogen-bond acceptors (Lipinski definition) is 11. The van der Waals surface area contributed by atoms with Gasteiger partial charge in [0.25, 0.3) is 0 Å². The van der Waals surface area contributed by atoms with Crippen LogP contribution < -0.4 is 85.0 Å². The Kier molecular flexibility index (Phi) is 11.0. The molecule has 0 radical (unpaired) electrons. The van der Waals surface area contributed by atoms with Crippen molar-refractivity contribution in [3.63, 3.8) is 0 Å². The summed E-state index contributed by atoms with van der Waals surface area (Å²) in [5.74, 6) is -5.43. The third kappa shape index (κ3) is 6.40. The fraction of sp³-hybridized carbons (Fsp3) is 0.444. The number of carbonyl (C=O) groups excluding carboxylic acids is 4. The summed E-state index contributed by atoms with van der Waals surface area (Å²) in [6.07, 6.45) is 1.18. The number of nitrogens with zero attached hydrogens (tertiary/aromatic N) is 3. The number of ether oxygens (including phenoxy) is 1. The summed E-state index contributed by atoms with van der Waals surface area (Å²) < 4.78 is 22.2. The van der Waals surface area contributed by atoms with Crippen molar-refractivity contribution in [3.8, 4) is 0 Å². The number of aliphatic hydroxyl groups is 1. The maximum absolute atomic E-state index is 15.4. The van der Waals surface area contributed by atoms with Crippen LogP contribution in [0.3, 0.4) is 0 Å². The number of thioether (sulfide) groups is 1. The number of amides is 2. The maximum atomic E-state index is 15.4. The van der Waals surface area contributed by atoms with E-state index in [1.54, 1.807) is 9.47 Å². The fourth-order valence-corrected chi connectivity index (χ4v) is 7.80. The quantitative estimate of drug-likeness (QED) is 0.200. The molecule has 1 aliphatic carbocycles. The van der Waals surface area contributed by atoms with E-state index in [9.17, 15) is 39.3 Å². The van der Waals surface area contributed by atoms with Crippen LogP contribution in [0, 0.1) is 11.7 Å². The molecule has 0 spiro atoms. The molecule has 3 fully saturated rings. The number of aliphatic hydroxyl groups excluding tert-OH is 1. The van der Waals surface area contributed by atoms with Gasteiger partial charge in [0.15, 0.2) is 5.43 Å². The van der Waals surface area contributed by atoms with Crippen LogP contribution in [-0.2, 0) is 14.3 Å². The van der Waals surface area contributed by atoms with Crippen molar-refractivity contribution in [1.29, 1.82) is 0 Å². The maximum Gasteiger partial charge on any atom is 1.00 e. The smallest absolute Gasteiger partial charge is 0.545 e. The topological polar surface area (TPSA) is 184 Å². The van der Waals surface area contributed by atoms with Crippen LogP contribution in [0.4, 0.5) is 14.9 Å². The van der Waals surface area contributed by atoms with E-state index in [1.807, 2.05) is 0 Å². The third-order valence-corrected chi connectivity index (χ3v) is 9.77. The minimum absolute atomic E-state index is 0. The summed E-state index contributed by atoms with van der Waals surface area (Å²) in [7, 11) is 0. The van der Waals surface area contributed by atoms with Crippen LogP contribution in [0.2, 0.25) is 5.02 Å². The van der Waals surface area contributed by atoms with Gasteiger partial charge in [-0.25, -0.2) is 9.18 Å². The number of nitrogens with one attached hydrogen (secondary N) is 1. The number of alkyl carbamates (subject to hydrolysis) is 1. The predicted molar refractivity (Wildman–Crippen MR) is 146 cm³/mol. The van der Waals surface area contributed by atoms with Crippen LogP contribution in [0.5, 0.6) is 0 Å². The van der Waals surface area contributed by atoms with E-state index < -0.39 is 76.5 Å². The first-order chi connectivity index (χ1) is 20.4. The normalized spacial score (nSPS) is 22.8. The second kappa shape index (κ2) is 13.7. The van der Waals surface area contributed by atoms with Crippen LogP contribution in [0.1, 0.15) is 42.6 Å². The van der Waals surface area contributed by atoms with Gasteiger partial charge in [0.05, 0.1) is 67.8 Å². The van der Waals surface area contributed by atoms with Gasteiger partial charge in [0.1, 0.15) is 17.8 Å². The Morgan fingerprint density at radius 3 is 2.49 bits per heavy atom. The van der Waals surface area contributed by atoms with Crippen molar-refractivity contribution >= 4 is 63.9 Å². The molecule has 228 valence electrons. The first-order valence-corrected chi connectivity index (χ1v) is 14.7. The van der Waals surface area contributed by atoms with Crippen LogP contribution in [-0.4, -0.2) is 75.7 Å². The number of aliphatic carboxylic acids is 1. The van der Waals surface area contributed by atoms with Crippen molar-refractivity contribution in [2.45, 2.75) is 49.7 Å². The third-order valence-electron chi connectivity index (χ3n) is 8.07. The standard InChI is InChI=1S/C27H26ClFN4O9S.2Na/c1-10(34)17-23(36)33-21(26(39)40)16(43-24(17)33)9-42-27(41)30-11-4-5-31(7-11)20-15(29)6-13-19(18(20)28)32(12-2-3-12)8-14(22(13)35)25(37)38;;/h6,8,10-12,17,24,34H,2-5,7,9H2,1H3,(H,30,41)(H,37,38)(H,39,40);;/q;2*+1/p-2/t10-,11?,17-,24-;;/m0../s1. The predicted octanol–water partition coefficient (Wildman–Crippen LogP) is -6.32. The summed E-state index contributed by atoms with van der Waals surface area (Å²) in [5, 5.41) is 34.9. The van der Waals surface area contributed by atoms with Crippen molar-refractivity contribution in [1.82, 2.24) is 14.8 Å². The van der Waals surface area contributed by atoms with E-state index >= 15 is 4.39 Å². The Labute approximate surface area is 308 Å². The zero-order chi connectivity index (χ0) is 30.9. The molecular formula is C27H24ClFN4Na2O9S. The number of carbonyl (C=O) groups is 4. The Balaban J connectivity index is 0.00000230. The van der Waals surface area contributed by atoms with E-state index in [4.69, 9.17) is 16.3 Å². The van der Waals surface area contributed by atoms with Crippen LogP contribution >= 0.6 is 23.4 Å². The minimum Gasteiger partial charge on any atom is -0.545 e. The van der Waals surface area contributed by atoms with Gasteiger partial charge in [0.2, 0.25) is 5.91 Å². The molecule has 45 heavy (non-hydrogen) atoms. The number of benzene rings is 1. The van der Waals surface area contributed by atoms with Crippen molar-refractivity contribution in [2.24, 2.45) is 5.92 Å². The summed E-state index contributed by atoms with van der Waals surface area (Å²) in [6.45, 7) is 1.40. The molecule has 4 atom stereocenters. The largest absolute Gasteiger partial charge is 1.00 e. The number of fused-ring (bicyclic) bond motifs is 2. The molecular weight excluding hydrogens is 657 g/mol. The Hall–Kier alpha value is -1.82. The monoisotopic (exact) mass is 680 g/mol. The van der Waals surface area contributed by atoms with Gasteiger partial charge in [0, 0.05) is 25.3 Å². The first kappa shape index (κ1) is 36.0. The second-order valence-corrected chi connectivity index (χ2v) is 12.5. The van der Waals surface area contributed by atoms with Gasteiger partial charge in [-0.15, -0.1) is 0 Å². The van der Waals surface area contributed by atoms with Crippen LogP contribution in [0.15, 0.2) is 27.7 Å². The molecule has 1 aromatic carbocycles. The van der Waals surface area contributed by atoms with Crippen molar-refractivity contribution < 1.29 is 103 Å². The van der Waals surface area contributed by atoms with E-state index in [2.05, 4.69) is 5.32 Å². The van der Waals surface area contributed by atoms with Crippen molar-refractivity contribution in [3.05, 3.63) is 49.5 Å². The summed E-state index contributed by atoms with van der Waals surface area (Å²) in [5.41, 5.74) is -1.64. The molecule has 13 nitrogen and oxygen atoms in total. The number of β-lactam (4-membered cyclic amide) rings is 1. The molecule has 2 amide bonds. The zero-order valence-electron chi connectivity index (χ0n) is 24.5. The van der Waals surface area contributed by atoms with Gasteiger partial charge < -0.3 is 44.4 Å². The number of pyridine rings is 1. The second-order valence-electron chi connectivity index (χ2n) is 10.9. The zero-order valence-corrected chi connectivity index (χ0v) is 30.1. The van der Waals surface area contributed by atoms with Gasteiger partial charge in [-0.3, -0.25) is 14.5 Å². The number of carboxylic acid groups (broad SMARTS) is 2.